The maximum atomic E-state index is 8.96. The lowest BCUT2D eigenvalue weighted by Crippen LogP contribution is -2.09. The molecule has 0 aromatic heterocycles. The largest absolute Gasteiger partial charge is 0.508 e. The third-order valence-corrected chi connectivity index (χ3v) is 1.55. The van der Waals surface area contributed by atoms with Gasteiger partial charge >= 0.3 is 0 Å². The van der Waals surface area contributed by atoms with Crippen molar-refractivity contribution in [2.45, 2.75) is 6.42 Å². The number of rotatable bonds is 3. The van der Waals surface area contributed by atoms with Gasteiger partial charge in [-0.15, -0.1) is 0 Å². The molecule has 0 unspecified atom stereocenters. The van der Waals surface area contributed by atoms with Gasteiger partial charge < -0.3 is 10.4 Å². The Hall–Kier alpha value is -1.69. The van der Waals surface area contributed by atoms with Gasteiger partial charge in [0, 0.05) is 6.54 Å². The van der Waals surface area contributed by atoms with Gasteiger partial charge in [-0.1, -0.05) is 12.1 Å². The molecule has 0 aliphatic carbocycles. The van der Waals surface area contributed by atoms with Crippen LogP contribution in [0.5, 0.6) is 5.75 Å². The third kappa shape index (κ3) is 2.51. The summed E-state index contributed by atoms with van der Waals surface area (Å²) in [6.45, 7) is 0.640. The van der Waals surface area contributed by atoms with Crippen LogP contribution in [0.2, 0.25) is 0 Å². The number of phenols is 1. The highest BCUT2D eigenvalue weighted by Gasteiger charge is 1.91. The van der Waals surface area contributed by atoms with Gasteiger partial charge in [0.05, 0.1) is 0 Å². The lowest BCUT2D eigenvalue weighted by molar-refractivity contribution is 0.475. The minimum absolute atomic E-state index is 0.270. The Bertz CT molecular complexity index is 274. The van der Waals surface area contributed by atoms with Crippen LogP contribution in [0.3, 0.4) is 0 Å². The number of aromatic hydroxyl groups is 1. The molecule has 1 aromatic carbocycles. The quantitative estimate of drug-likeness (QED) is 0.396. The summed E-state index contributed by atoms with van der Waals surface area (Å²) in [5.41, 5.74) is 1.11. The number of nitriles is 1. The molecule has 2 N–H and O–H groups in total. The van der Waals surface area contributed by atoms with Crippen molar-refractivity contribution in [2.75, 3.05) is 6.54 Å². The molecule has 0 radical (unpaired) electrons. The van der Waals surface area contributed by atoms with Crippen LogP contribution in [0.1, 0.15) is 5.56 Å². The minimum Gasteiger partial charge on any atom is -0.508 e. The lowest BCUT2D eigenvalue weighted by atomic mass is 10.1. The fourth-order valence-corrected chi connectivity index (χ4v) is 0.925. The summed E-state index contributed by atoms with van der Waals surface area (Å²) in [6.07, 6.45) is 2.65. The fourth-order valence-electron chi connectivity index (χ4n) is 0.925. The molecule has 0 fully saturated rings. The maximum absolute atomic E-state index is 8.96. The first-order valence-corrected chi connectivity index (χ1v) is 3.73. The fraction of sp³-hybridized carbons (Fsp3) is 0.222. The van der Waals surface area contributed by atoms with Crippen LogP contribution in [0.25, 0.3) is 0 Å². The predicted molar refractivity (Wildman–Crippen MR) is 45.4 cm³/mol. The molecule has 0 amide bonds. The van der Waals surface area contributed by atoms with Gasteiger partial charge in [0.1, 0.15) is 5.75 Å². The van der Waals surface area contributed by atoms with Gasteiger partial charge in [0.2, 0.25) is 0 Å². The normalized spacial score (nSPS) is 8.92. The number of nitrogens with one attached hydrogen (secondary N) is 1. The van der Waals surface area contributed by atoms with E-state index in [1.807, 2.05) is 18.3 Å². The average Bonchev–Trinajstić information content (AvgIpc) is 2.09. The van der Waals surface area contributed by atoms with Crippen molar-refractivity contribution in [1.82, 2.24) is 5.32 Å². The summed E-state index contributed by atoms with van der Waals surface area (Å²) in [7, 11) is 0. The maximum Gasteiger partial charge on any atom is 0.176 e. The van der Waals surface area contributed by atoms with Gasteiger partial charge in [-0.25, -0.2) is 0 Å². The Morgan fingerprint density at radius 3 is 2.58 bits per heavy atom. The molecule has 12 heavy (non-hydrogen) atoms. The Morgan fingerprint density at radius 2 is 2.00 bits per heavy atom. The molecular formula is C9H10N2O. The van der Waals surface area contributed by atoms with Gasteiger partial charge in [0.25, 0.3) is 0 Å². The number of hydrogen-bond acceptors (Lipinski definition) is 3. The second kappa shape index (κ2) is 4.24. The first-order chi connectivity index (χ1) is 5.83. The summed E-state index contributed by atoms with van der Waals surface area (Å²) in [4.78, 5) is 0. The van der Waals surface area contributed by atoms with Crippen LogP contribution >= 0.6 is 0 Å². The van der Waals surface area contributed by atoms with E-state index in [0.717, 1.165) is 12.0 Å². The van der Waals surface area contributed by atoms with Gasteiger partial charge in [-0.2, -0.15) is 5.26 Å². The number of hydrogen-bond donors (Lipinski definition) is 2. The Balaban J connectivity index is 2.43. The first kappa shape index (κ1) is 8.41. The minimum atomic E-state index is 0.270. The summed E-state index contributed by atoms with van der Waals surface area (Å²) in [5.74, 6) is 0.270. The summed E-state index contributed by atoms with van der Waals surface area (Å²) >= 11 is 0. The average molecular weight is 162 g/mol. The topological polar surface area (TPSA) is 56.0 Å². The van der Waals surface area contributed by atoms with Gasteiger partial charge in [-0.05, 0) is 24.1 Å². The molecule has 0 bridgehead atoms. The van der Waals surface area contributed by atoms with E-state index in [0.29, 0.717) is 6.54 Å². The van der Waals surface area contributed by atoms with Crippen molar-refractivity contribution in [1.29, 1.82) is 5.26 Å². The van der Waals surface area contributed by atoms with Crippen molar-refractivity contribution in [3.05, 3.63) is 29.8 Å². The smallest absolute Gasteiger partial charge is 0.176 e. The van der Waals surface area contributed by atoms with Crippen molar-refractivity contribution in [3.8, 4) is 11.9 Å². The van der Waals surface area contributed by atoms with E-state index >= 15 is 0 Å². The SMILES string of the molecule is N#CNCCc1ccc(O)cc1. The molecule has 62 valence electrons. The molecule has 0 atom stereocenters. The molecular weight excluding hydrogens is 152 g/mol. The third-order valence-electron chi connectivity index (χ3n) is 1.55. The molecule has 0 saturated heterocycles. The van der Waals surface area contributed by atoms with E-state index in [1.54, 1.807) is 12.1 Å². The molecule has 3 heteroatoms. The van der Waals surface area contributed by atoms with Crippen LogP contribution in [0.15, 0.2) is 24.3 Å². The van der Waals surface area contributed by atoms with Crippen LogP contribution in [-0.2, 0) is 6.42 Å². The van der Waals surface area contributed by atoms with Crippen molar-refractivity contribution in [3.63, 3.8) is 0 Å². The van der Waals surface area contributed by atoms with Crippen LogP contribution < -0.4 is 5.32 Å². The van der Waals surface area contributed by atoms with Crippen LogP contribution in [0.4, 0.5) is 0 Å². The number of nitrogens with zero attached hydrogens (tertiary/aromatic N) is 1. The molecule has 1 rings (SSSR count). The Labute approximate surface area is 71.3 Å². The summed E-state index contributed by atoms with van der Waals surface area (Å²) in [5, 5.41) is 19.7. The highest BCUT2D eigenvalue weighted by molar-refractivity contribution is 5.25. The Morgan fingerprint density at radius 1 is 1.33 bits per heavy atom. The standard InChI is InChI=1S/C9H10N2O/c10-7-11-6-5-8-1-3-9(12)4-2-8/h1-4,11-12H,5-6H2. The zero-order valence-electron chi connectivity index (χ0n) is 6.62. The Kier molecular flexibility index (Phi) is 2.97. The number of benzene rings is 1. The molecule has 3 nitrogen and oxygen atoms in total. The second-order valence-electron chi connectivity index (χ2n) is 2.46. The zero-order chi connectivity index (χ0) is 8.81. The van der Waals surface area contributed by atoms with E-state index in [4.69, 9.17) is 10.4 Å². The molecule has 0 aliphatic rings. The van der Waals surface area contributed by atoms with Crippen LogP contribution in [-0.4, -0.2) is 11.7 Å². The van der Waals surface area contributed by atoms with Crippen molar-refractivity contribution >= 4 is 0 Å². The summed E-state index contributed by atoms with van der Waals surface area (Å²) in [6, 6.07) is 6.96. The molecule has 0 heterocycles. The number of phenolic OH excluding ortho intramolecular Hbond substituents is 1. The van der Waals surface area contributed by atoms with E-state index in [2.05, 4.69) is 5.32 Å². The first-order valence-electron chi connectivity index (χ1n) is 3.73. The van der Waals surface area contributed by atoms with E-state index in [9.17, 15) is 0 Å². The lowest BCUT2D eigenvalue weighted by Gasteiger charge is -1.99. The monoisotopic (exact) mass is 162 g/mol. The molecule has 0 aliphatic heterocycles. The summed E-state index contributed by atoms with van der Waals surface area (Å²) < 4.78 is 0. The van der Waals surface area contributed by atoms with Crippen molar-refractivity contribution in [2.24, 2.45) is 0 Å². The second-order valence-corrected chi connectivity index (χ2v) is 2.46. The van der Waals surface area contributed by atoms with Crippen LogP contribution in [0, 0.1) is 11.5 Å². The highest BCUT2D eigenvalue weighted by Crippen LogP contribution is 2.09. The van der Waals surface area contributed by atoms with E-state index in [-0.39, 0.29) is 5.75 Å². The highest BCUT2D eigenvalue weighted by atomic mass is 16.3. The van der Waals surface area contributed by atoms with E-state index in [1.165, 1.54) is 0 Å². The predicted octanol–water partition coefficient (Wildman–Crippen LogP) is 1.01. The molecule has 0 saturated carbocycles. The van der Waals surface area contributed by atoms with Gasteiger partial charge in [-0.3, -0.25) is 0 Å². The zero-order valence-corrected chi connectivity index (χ0v) is 6.62. The molecule has 0 spiro atoms. The molecule has 1 aromatic rings. The van der Waals surface area contributed by atoms with Crippen molar-refractivity contribution < 1.29 is 5.11 Å². The van der Waals surface area contributed by atoms with Gasteiger partial charge in [0.15, 0.2) is 6.19 Å². The van der Waals surface area contributed by atoms with E-state index < -0.39 is 0 Å².